The normalized spacial score (nSPS) is 12.8. The Labute approximate surface area is 227 Å². The van der Waals surface area contributed by atoms with Crippen molar-refractivity contribution in [1.29, 1.82) is 0 Å². The van der Waals surface area contributed by atoms with E-state index >= 15 is 0 Å². The SMILES string of the molecule is CCC(C)(C)n1nnnc1[C@@H](c1cc2cc(C)ccc2[nH]c1=O)N(Cc1ccc(OC)cc1)Cc1ccco1. The average molecular weight is 527 g/mol. The standard InChI is InChI=1S/C30H34N6O3/c1-6-30(3,4)36-28(32-33-34-36)27(25-17-22-16-20(2)9-14-26(22)31-29(25)37)35(19-24-8-7-15-39-24)18-21-10-12-23(38-5)13-11-21/h7-17,27H,6,18-19H2,1-5H3,(H,31,37)/t27-/m1/s1. The molecule has 0 saturated carbocycles. The number of nitrogens with one attached hydrogen (secondary N) is 1. The number of nitrogens with zero attached hydrogens (tertiary/aromatic N) is 5. The van der Waals surface area contributed by atoms with Crippen LogP contribution in [0.25, 0.3) is 10.9 Å². The number of rotatable bonds is 10. The molecule has 5 rings (SSSR count). The molecule has 3 heterocycles. The number of fused-ring (bicyclic) bond motifs is 1. The van der Waals surface area contributed by atoms with Crippen molar-refractivity contribution in [2.24, 2.45) is 0 Å². The monoisotopic (exact) mass is 526 g/mol. The largest absolute Gasteiger partial charge is 0.497 e. The van der Waals surface area contributed by atoms with Crippen LogP contribution in [0.15, 0.2) is 76.1 Å². The van der Waals surface area contributed by atoms with E-state index in [1.54, 1.807) is 13.4 Å². The quantitative estimate of drug-likeness (QED) is 0.261. The molecule has 9 heteroatoms. The first-order valence-electron chi connectivity index (χ1n) is 13.1. The van der Waals surface area contributed by atoms with Gasteiger partial charge in [-0.05, 0) is 91.0 Å². The van der Waals surface area contributed by atoms with Gasteiger partial charge in [-0.1, -0.05) is 30.7 Å². The molecular formula is C30H34N6O3. The summed E-state index contributed by atoms with van der Waals surface area (Å²) < 4.78 is 13.0. The van der Waals surface area contributed by atoms with Gasteiger partial charge >= 0.3 is 0 Å². The molecule has 0 bridgehead atoms. The summed E-state index contributed by atoms with van der Waals surface area (Å²) in [6.07, 6.45) is 2.47. The minimum absolute atomic E-state index is 0.181. The smallest absolute Gasteiger partial charge is 0.253 e. The molecular weight excluding hydrogens is 492 g/mol. The highest BCUT2D eigenvalue weighted by Crippen LogP contribution is 2.33. The van der Waals surface area contributed by atoms with Gasteiger partial charge in [0.1, 0.15) is 17.6 Å². The molecule has 3 aromatic heterocycles. The number of methoxy groups -OCH3 is 1. The summed E-state index contributed by atoms with van der Waals surface area (Å²) in [6.45, 7) is 9.29. The van der Waals surface area contributed by atoms with Gasteiger partial charge in [-0.3, -0.25) is 9.69 Å². The van der Waals surface area contributed by atoms with Crippen LogP contribution < -0.4 is 10.3 Å². The Hall–Kier alpha value is -4.24. The number of tetrazole rings is 1. The van der Waals surface area contributed by atoms with Crippen LogP contribution in [0, 0.1) is 6.92 Å². The Kier molecular flexibility index (Phi) is 7.34. The maximum absolute atomic E-state index is 13.7. The molecule has 202 valence electrons. The first-order chi connectivity index (χ1) is 18.8. The van der Waals surface area contributed by atoms with E-state index in [-0.39, 0.29) is 11.1 Å². The van der Waals surface area contributed by atoms with Gasteiger partial charge < -0.3 is 14.1 Å². The van der Waals surface area contributed by atoms with Gasteiger partial charge in [-0.2, -0.15) is 0 Å². The molecule has 0 aliphatic rings. The van der Waals surface area contributed by atoms with E-state index in [4.69, 9.17) is 9.15 Å². The minimum Gasteiger partial charge on any atom is -0.497 e. The zero-order chi connectivity index (χ0) is 27.6. The second-order valence-electron chi connectivity index (χ2n) is 10.5. The molecule has 2 aromatic carbocycles. The molecule has 0 saturated heterocycles. The van der Waals surface area contributed by atoms with Crippen LogP contribution in [-0.2, 0) is 18.6 Å². The van der Waals surface area contributed by atoms with Crippen LogP contribution in [-0.4, -0.2) is 37.2 Å². The van der Waals surface area contributed by atoms with Crippen LogP contribution in [0.2, 0.25) is 0 Å². The Bertz CT molecular complexity index is 1600. The van der Waals surface area contributed by atoms with Gasteiger partial charge in [0.2, 0.25) is 0 Å². The number of hydrogen-bond acceptors (Lipinski definition) is 7. The summed E-state index contributed by atoms with van der Waals surface area (Å²) in [6, 6.07) is 19.1. The average Bonchev–Trinajstić information content (AvgIpc) is 3.63. The van der Waals surface area contributed by atoms with Crippen molar-refractivity contribution in [1.82, 2.24) is 30.1 Å². The van der Waals surface area contributed by atoms with Crippen molar-refractivity contribution < 1.29 is 9.15 Å². The second kappa shape index (κ2) is 10.9. The Morgan fingerprint density at radius 1 is 1.10 bits per heavy atom. The lowest BCUT2D eigenvalue weighted by Gasteiger charge is -2.33. The molecule has 39 heavy (non-hydrogen) atoms. The Morgan fingerprint density at radius 3 is 2.59 bits per heavy atom. The second-order valence-corrected chi connectivity index (χ2v) is 10.5. The number of aromatic amines is 1. The van der Waals surface area contributed by atoms with E-state index in [9.17, 15) is 4.79 Å². The zero-order valence-corrected chi connectivity index (χ0v) is 23.0. The topological polar surface area (TPSA) is 102 Å². The van der Waals surface area contributed by atoms with Gasteiger partial charge in [-0.25, -0.2) is 4.68 Å². The van der Waals surface area contributed by atoms with Gasteiger partial charge in [-0.15, -0.1) is 5.10 Å². The van der Waals surface area contributed by atoms with Crippen molar-refractivity contribution in [2.75, 3.05) is 7.11 Å². The maximum atomic E-state index is 13.7. The number of pyridine rings is 1. The molecule has 9 nitrogen and oxygen atoms in total. The minimum atomic E-state index is -0.563. The van der Waals surface area contributed by atoms with Gasteiger partial charge in [0.15, 0.2) is 5.82 Å². The fraction of sp³-hybridized carbons (Fsp3) is 0.333. The Morgan fingerprint density at radius 2 is 1.90 bits per heavy atom. The van der Waals surface area contributed by atoms with Crippen molar-refractivity contribution in [2.45, 2.75) is 58.8 Å². The van der Waals surface area contributed by atoms with Gasteiger partial charge in [0, 0.05) is 17.6 Å². The number of benzene rings is 2. The van der Waals surface area contributed by atoms with Crippen LogP contribution >= 0.6 is 0 Å². The summed E-state index contributed by atoms with van der Waals surface area (Å²) in [5, 5.41) is 14.0. The molecule has 1 atom stereocenters. The molecule has 0 aliphatic carbocycles. The van der Waals surface area contributed by atoms with E-state index in [0.717, 1.165) is 40.0 Å². The zero-order valence-electron chi connectivity index (χ0n) is 23.0. The maximum Gasteiger partial charge on any atom is 0.253 e. The van der Waals surface area contributed by atoms with Crippen molar-refractivity contribution >= 4 is 10.9 Å². The van der Waals surface area contributed by atoms with Crippen LogP contribution in [0.3, 0.4) is 0 Å². The Balaban J connectivity index is 1.72. The summed E-state index contributed by atoms with van der Waals surface area (Å²) in [4.78, 5) is 19.0. The van der Waals surface area contributed by atoms with E-state index < -0.39 is 6.04 Å². The molecule has 0 aliphatic heterocycles. The summed E-state index contributed by atoms with van der Waals surface area (Å²) >= 11 is 0. The van der Waals surface area contributed by atoms with Crippen molar-refractivity contribution in [3.8, 4) is 5.75 Å². The molecule has 0 fully saturated rings. The number of ether oxygens (including phenoxy) is 1. The number of H-pyrrole nitrogens is 1. The van der Waals surface area contributed by atoms with E-state index in [1.807, 2.05) is 66.2 Å². The van der Waals surface area contributed by atoms with E-state index in [0.29, 0.717) is 24.5 Å². The first kappa shape index (κ1) is 26.4. The van der Waals surface area contributed by atoms with Gasteiger partial charge in [0.25, 0.3) is 5.56 Å². The van der Waals surface area contributed by atoms with Crippen LogP contribution in [0.5, 0.6) is 5.75 Å². The molecule has 1 N–H and O–H groups in total. The lowest BCUT2D eigenvalue weighted by molar-refractivity contribution is 0.168. The molecule has 0 unspecified atom stereocenters. The predicted octanol–water partition coefficient (Wildman–Crippen LogP) is 5.36. The first-order valence-corrected chi connectivity index (χ1v) is 13.1. The number of furan rings is 1. The fourth-order valence-corrected chi connectivity index (χ4v) is 4.80. The third-order valence-corrected chi connectivity index (χ3v) is 7.35. The fourth-order valence-electron chi connectivity index (χ4n) is 4.80. The van der Waals surface area contributed by atoms with E-state index in [1.165, 1.54) is 0 Å². The summed E-state index contributed by atoms with van der Waals surface area (Å²) in [5.74, 6) is 2.15. The summed E-state index contributed by atoms with van der Waals surface area (Å²) in [5.41, 5.74) is 2.96. The molecule has 0 amide bonds. The van der Waals surface area contributed by atoms with Crippen molar-refractivity contribution in [3.05, 3.63) is 106 Å². The third-order valence-electron chi connectivity index (χ3n) is 7.35. The number of aryl methyl sites for hydroxylation is 1. The highest BCUT2D eigenvalue weighted by Gasteiger charge is 2.35. The van der Waals surface area contributed by atoms with E-state index in [2.05, 4.69) is 52.2 Å². The molecule has 0 radical (unpaired) electrons. The lowest BCUT2D eigenvalue weighted by atomic mass is 9.98. The number of hydrogen-bond donors (Lipinski definition) is 1. The van der Waals surface area contributed by atoms with Gasteiger partial charge in [0.05, 0.1) is 25.5 Å². The van der Waals surface area contributed by atoms with Crippen molar-refractivity contribution in [3.63, 3.8) is 0 Å². The predicted molar refractivity (Wildman–Crippen MR) is 150 cm³/mol. The highest BCUT2D eigenvalue weighted by molar-refractivity contribution is 5.79. The van der Waals surface area contributed by atoms with Crippen LogP contribution in [0.1, 0.15) is 61.5 Å². The van der Waals surface area contributed by atoms with Crippen LogP contribution in [0.4, 0.5) is 0 Å². The molecule has 5 aromatic rings. The lowest BCUT2D eigenvalue weighted by Crippen LogP contribution is -2.38. The molecule has 0 spiro atoms. The summed E-state index contributed by atoms with van der Waals surface area (Å²) in [7, 11) is 1.65. The third kappa shape index (κ3) is 5.49. The highest BCUT2D eigenvalue weighted by atomic mass is 16.5. The number of aromatic nitrogens is 5.